The molecule has 0 fully saturated rings. The predicted octanol–water partition coefficient (Wildman–Crippen LogP) is 3.23. The molecule has 0 unspecified atom stereocenters. The highest BCUT2D eigenvalue weighted by Crippen LogP contribution is 2.29. The van der Waals surface area contributed by atoms with Crippen LogP contribution in [-0.2, 0) is 10.0 Å². The Bertz CT molecular complexity index is 1350. The average Bonchev–Trinajstić information content (AvgIpc) is 2.81. The van der Waals surface area contributed by atoms with E-state index in [1.807, 2.05) is 0 Å². The molecule has 0 radical (unpaired) electrons. The molecule has 0 spiro atoms. The lowest BCUT2D eigenvalue weighted by molar-refractivity contribution is 0.0982. The Hall–Kier alpha value is -3.76. The maximum Gasteiger partial charge on any atom is 0.264 e. The number of carbonyl (C=O) groups excluding carboxylic acids is 2. The SMILES string of the molecule is COc1cnc(NS(=O)(=O)c2ccc(NC3=C(Cl)C(=O)c4ccccc4C3=O)cc2)nc1. The first kappa shape index (κ1) is 21.5. The van der Waals surface area contributed by atoms with Crippen molar-refractivity contribution < 1.29 is 22.7 Å². The Balaban J connectivity index is 1.54. The Morgan fingerprint density at radius 1 is 0.906 bits per heavy atom. The Morgan fingerprint density at radius 3 is 2.09 bits per heavy atom. The standard InChI is InChI=1S/C21H15ClN4O5S/c1-31-13-10-23-21(24-11-13)26-32(29,30)14-8-6-12(7-9-14)25-18-17(22)19(27)15-4-2-3-5-16(15)20(18)28/h2-11,25H,1H3,(H,23,24,26). The first-order chi connectivity index (χ1) is 15.3. The molecule has 2 aromatic carbocycles. The summed E-state index contributed by atoms with van der Waals surface area (Å²) in [5, 5.41) is 2.58. The number of ketones is 2. The maximum absolute atomic E-state index is 12.8. The fraction of sp³-hybridized carbons (Fsp3) is 0.0476. The van der Waals surface area contributed by atoms with Crippen molar-refractivity contribution in [3.63, 3.8) is 0 Å². The molecular formula is C21H15ClN4O5S. The topological polar surface area (TPSA) is 127 Å². The number of aromatic nitrogens is 2. The number of fused-ring (bicyclic) bond motifs is 1. The van der Waals surface area contributed by atoms with Crippen LogP contribution in [0.3, 0.4) is 0 Å². The molecule has 0 saturated carbocycles. The van der Waals surface area contributed by atoms with Gasteiger partial charge < -0.3 is 10.1 Å². The van der Waals surface area contributed by atoms with E-state index in [1.54, 1.807) is 18.2 Å². The van der Waals surface area contributed by atoms with Crippen molar-refractivity contribution in [3.05, 3.63) is 82.8 Å². The van der Waals surface area contributed by atoms with Gasteiger partial charge in [-0.2, -0.15) is 0 Å². The van der Waals surface area contributed by atoms with E-state index in [9.17, 15) is 18.0 Å². The van der Waals surface area contributed by atoms with Gasteiger partial charge in [0.05, 0.1) is 24.4 Å². The molecular weight excluding hydrogens is 456 g/mol. The minimum atomic E-state index is -3.96. The Labute approximate surface area is 188 Å². The molecule has 162 valence electrons. The third kappa shape index (κ3) is 4.05. The van der Waals surface area contributed by atoms with E-state index in [0.717, 1.165) is 0 Å². The number of benzene rings is 2. The van der Waals surface area contributed by atoms with Gasteiger partial charge in [-0.05, 0) is 24.3 Å². The van der Waals surface area contributed by atoms with E-state index in [2.05, 4.69) is 20.0 Å². The van der Waals surface area contributed by atoms with Crippen LogP contribution >= 0.6 is 11.6 Å². The first-order valence-corrected chi connectivity index (χ1v) is 11.0. The number of sulfonamides is 1. The fourth-order valence-electron chi connectivity index (χ4n) is 2.97. The number of nitrogens with zero attached hydrogens (tertiary/aromatic N) is 2. The smallest absolute Gasteiger partial charge is 0.264 e. The number of carbonyl (C=O) groups is 2. The highest BCUT2D eigenvalue weighted by Gasteiger charge is 2.31. The minimum Gasteiger partial charge on any atom is -0.494 e. The van der Waals surface area contributed by atoms with Gasteiger partial charge in [0.1, 0.15) is 10.7 Å². The van der Waals surface area contributed by atoms with Crippen LogP contribution in [0.4, 0.5) is 11.6 Å². The molecule has 1 aliphatic rings. The van der Waals surface area contributed by atoms with Crippen molar-refractivity contribution in [1.82, 2.24) is 9.97 Å². The van der Waals surface area contributed by atoms with Gasteiger partial charge in [-0.1, -0.05) is 35.9 Å². The number of Topliss-reactive ketones (excluding diaryl/α,β-unsaturated/α-hetero) is 2. The van der Waals surface area contributed by atoms with Crippen LogP contribution in [-0.4, -0.2) is 37.1 Å². The number of allylic oxidation sites excluding steroid dienone is 2. The van der Waals surface area contributed by atoms with Crippen molar-refractivity contribution in [2.45, 2.75) is 4.90 Å². The summed E-state index contributed by atoms with van der Waals surface area (Å²) < 4.78 is 32.3. The zero-order valence-corrected chi connectivity index (χ0v) is 18.1. The van der Waals surface area contributed by atoms with E-state index in [1.165, 1.54) is 49.8 Å². The number of nitrogens with one attached hydrogen (secondary N) is 2. The van der Waals surface area contributed by atoms with Crippen LogP contribution in [0.1, 0.15) is 20.7 Å². The van der Waals surface area contributed by atoms with Gasteiger partial charge in [-0.25, -0.2) is 23.1 Å². The summed E-state index contributed by atoms with van der Waals surface area (Å²) in [6.07, 6.45) is 2.66. The molecule has 1 aliphatic carbocycles. The van der Waals surface area contributed by atoms with Gasteiger partial charge in [-0.3, -0.25) is 9.59 Å². The third-order valence-corrected chi connectivity index (χ3v) is 6.29. The van der Waals surface area contributed by atoms with E-state index >= 15 is 0 Å². The Morgan fingerprint density at radius 2 is 1.50 bits per heavy atom. The maximum atomic E-state index is 12.8. The second kappa shape index (κ2) is 8.40. The van der Waals surface area contributed by atoms with Crippen LogP contribution in [0, 0.1) is 0 Å². The molecule has 3 aromatic rings. The zero-order valence-electron chi connectivity index (χ0n) is 16.5. The number of methoxy groups -OCH3 is 1. The van der Waals surface area contributed by atoms with Gasteiger partial charge in [0.2, 0.25) is 17.5 Å². The van der Waals surface area contributed by atoms with E-state index in [4.69, 9.17) is 16.3 Å². The second-order valence-electron chi connectivity index (χ2n) is 6.59. The minimum absolute atomic E-state index is 0.0565. The lowest BCUT2D eigenvalue weighted by Crippen LogP contribution is -2.24. The molecule has 0 aliphatic heterocycles. The molecule has 2 N–H and O–H groups in total. The largest absolute Gasteiger partial charge is 0.494 e. The quantitative estimate of drug-likeness (QED) is 0.562. The molecule has 9 nitrogen and oxygen atoms in total. The van der Waals surface area contributed by atoms with Crippen molar-refractivity contribution >= 4 is 44.8 Å². The van der Waals surface area contributed by atoms with Crippen LogP contribution in [0.25, 0.3) is 0 Å². The number of anilines is 2. The van der Waals surface area contributed by atoms with Gasteiger partial charge in [0, 0.05) is 16.8 Å². The summed E-state index contributed by atoms with van der Waals surface area (Å²) in [7, 11) is -2.51. The number of ether oxygens (including phenoxy) is 1. The molecule has 0 bridgehead atoms. The highest BCUT2D eigenvalue weighted by atomic mass is 35.5. The predicted molar refractivity (Wildman–Crippen MR) is 117 cm³/mol. The molecule has 4 rings (SSSR count). The van der Waals surface area contributed by atoms with Crippen LogP contribution < -0.4 is 14.8 Å². The average molecular weight is 471 g/mol. The molecule has 0 atom stereocenters. The van der Waals surface area contributed by atoms with Crippen LogP contribution in [0.2, 0.25) is 0 Å². The van der Waals surface area contributed by atoms with Crippen LogP contribution in [0.15, 0.2) is 76.5 Å². The van der Waals surface area contributed by atoms with Gasteiger partial charge in [-0.15, -0.1) is 0 Å². The zero-order chi connectivity index (χ0) is 22.9. The number of hydrogen-bond acceptors (Lipinski definition) is 8. The highest BCUT2D eigenvalue weighted by molar-refractivity contribution is 7.92. The number of halogens is 1. The van der Waals surface area contributed by atoms with Crippen molar-refractivity contribution in [3.8, 4) is 5.75 Å². The van der Waals surface area contributed by atoms with Crippen molar-refractivity contribution in [1.29, 1.82) is 0 Å². The normalized spacial score (nSPS) is 13.6. The number of rotatable bonds is 6. The van der Waals surface area contributed by atoms with E-state index in [0.29, 0.717) is 11.4 Å². The fourth-order valence-corrected chi connectivity index (χ4v) is 4.16. The first-order valence-electron chi connectivity index (χ1n) is 9.14. The van der Waals surface area contributed by atoms with Gasteiger partial charge >= 0.3 is 0 Å². The molecule has 0 saturated heterocycles. The lowest BCUT2D eigenvalue weighted by atomic mass is 9.92. The summed E-state index contributed by atoms with van der Waals surface area (Å²) in [4.78, 5) is 32.9. The van der Waals surface area contributed by atoms with Crippen molar-refractivity contribution in [2.24, 2.45) is 0 Å². The van der Waals surface area contributed by atoms with E-state index < -0.39 is 21.6 Å². The molecule has 32 heavy (non-hydrogen) atoms. The lowest BCUT2D eigenvalue weighted by Gasteiger charge is -2.19. The molecule has 0 amide bonds. The van der Waals surface area contributed by atoms with Gasteiger partial charge in [0.15, 0.2) is 5.75 Å². The summed E-state index contributed by atoms with van der Waals surface area (Å²) in [5.74, 6) is -0.628. The number of hydrogen-bond donors (Lipinski definition) is 2. The molecule has 1 aromatic heterocycles. The summed E-state index contributed by atoms with van der Waals surface area (Å²) >= 11 is 6.14. The summed E-state index contributed by atoms with van der Waals surface area (Å²) in [6, 6.07) is 11.9. The molecule has 11 heteroatoms. The second-order valence-corrected chi connectivity index (χ2v) is 8.65. The van der Waals surface area contributed by atoms with Crippen molar-refractivity contribution in [2.75, 3.05) is 17.1 Å². The third-order valence-electron chi connectivity index (χ3n) is 4.59. The monoisotopic (exact) mass is 470 g/mol. The Kier molecular flexibility index (Phi) is 5.64. The summed E-state index contributed by atoms with van der Waals surface area (Å²) in [6.45, 7) is 0. The summed E-state index contributed by atoms with van der Waals surface area (Å²) in [5.41, 5.74) is 0.780. The van der Waals surface area contributed by atoms with Gasteiger partial charge in [0.25, 0.3) is 10.0 Å². The van der Waals surface area contributed by atoms with E-state index in [-0.39, 0.29) is 32.7 Å². The van der Waals surface area contributed by atoms with Crippen LogP contribution in [0.5, 0.6) is 5.75 Å². The molecule has 1 heterocycles.